The number of likely N-dealkylation sites (tertiary alicyclic amines) is 1. The van der Waals surface area contributed by atoms with E-state index in [1.165, 1.54) is 25.1 Å². The molecule has 1 aromatic heterocycles. The molecule has 0 spiro atoms. The largest absolute Gasteiger partial charge is 0.351 e. The first-order valence-electron chi connectivity index (χ1n) is 10.7. The lowest BCUT2D eigenvalue weighted by Crippen LogP contribution is -2.40. The van der Waals surface area contributed by atoms with E-state index < -0.39 is 10.1 Å². The van der Waals surface area contributed by atoms with Crippen LogP contribution in [0.15, 0.2) is 71.6 Å². The van der Waals surface area contributed by atoms with Gasteiger partial charge >= 0.3 is 0 Å². The molecular weight excluding hydrogens is 424 g/mol. The predicted octanol–water partition coefficient (Wildman–Crippen LogP) is 3.53. The predicted molar refractivity (Wildman–Crippen MR) is 125 cm³/mol. The van der Waals surface area contributed by atoms with Crippen LogP contribution >= 0.6 is 0 Å². The molecule has 2 unspecified atom stereocenters. The zero-order valence-corrected chi connectivity index (χ0v) is 19.1. The standard InChI is InChI=1S/C17H20N4.C7H8O3S/c1-20-10-13-9-15(12-20)21(11-13)17-8-7-16(18-19-17)14-5-3-2-4-6-14;1-6-2-4-7(5-3-6)11(8,9)10/h2-8,13,15H,9-12H2,1H3;2-5H,1H3,(H,8,9,10). The quantitative estimate of drug-likeness (QED) is 0.609. The first kappa shape index (κ1) is 22.4. The van der Waals surface area contributed by atoms with E-state index in [0.29, 0.717) is 6.04 Å². The molecule has 2 fully saturated rings. The fraction of sp³-hybridized carbons (Fsp3) is 0.333. The van der Waals surface area contributed by atoms with Gasteiger partial charge < -0.3 is 9.80 Å². The smallest absolute Gasteiger partial charge is 0.294 e. The van der Waals surface area contributed by atoms with Crippen molar-refractivity contribution < 1.29 is 13.0 Å². The summed E-state index contributed by atoms with van der Waals surface area (Å²) in [6.07, 6.45) is 1.30. The van der Waals surface area contributed by atoms with E-state index in [0.717, 1.165) is 41.6 Å². The lowest BCUT2D eigenvalue weighted by atomic mass is 10.0. The molecule has 0 aliphatic carbocycles. The summed E-state index contributed by atoms with van der Waals surface area (Å²) in [4.78, 5) is 4.81. The van der Waals surface area contributed by atoms with Crippen molar-refractivity contribution in [2.45, 2.75) is 24.3 Å². The summed E-state index contributed by atoms with van der Waals surface area (Å²) < 4.78 is 29.6. The molecule has 0 radical (unpaired) electrons. The molecule has 3 heterocycles. The van der Waals surface area contributed by atoms with Gasteiger partial charge in [0.1, 0.15) is 0 Å². The Morgan fingerprint density at radius 1 is 0.906 bits per heavy atom. The molecule has 2 aromatic carbocycles. The summed E-state index contributed by atoms with van der Waals surface area (Å²) in [5.41, 5.74) is 3.02. The van der Waals surface area contributed by atoms with Gasteiger partial charge in [-0.1, -0.05) is 48.0 Å². The highest BCUT2D eigenvalue weighted by atomic mass is 32.2. The summed E-state index contributed by atoms with van der Waals surface area (Å²) in [5.74, 6) is 1.81. The van der Waals surface area contributed by atoms with Crippen LogP contribution in [-0.2, 0) is 10.1 Å². The molecule has 2 atom stereocenters. The molecule has 8 heteroatoms. The minimum Gasteiger partial charge on any atom is -0.351 e. The van der Waals surface area contributed by atoms with Crippen LogP contribution in [0.3, 0.4) is 0 Å². The minimum atomic E-state index is -4.02. The Kier molecular flexibility index (Phi) is 6.55. The third kappa shape index (κ3) is 5.32. The average Bonchev–Trinajstić information content (AvgIpc) is 3.08. The van der Waals surface area contributed by atoms with Crippen LogP contribution in [-0.4, -0.2) is 60.8 Å². The van der Waals surface area contributed by atoms with Crippen LogP contribution in [0.4, 0.5) is 5.82 Å². The van der Waals surface area contributed by atoms with Crippen LogP contribution < -0.4 is 4.90 Å². The van der Waals surface area contributed by atoms with E-state index >= 15 is 0 Å². The van der Waals surface area contributed by atoms with Gasteiger partial charge in [-0.05, 0) is 50.6 Å². The maximum absolute atomic E-state index is 10.5. The molecule has 2 bridgehead atoms. The maximum Gasteiger partial charge on any atom is 0.294 e. The minimum absolute atomic E-state index is 0.0666. The Hall–Kier alpha value is -2.81. The Morgan fingerprint density at radius 3 is 2.25 bits per heavy atom. The third-order valence-electron chi connectivity index (χ3n) is 5.93. The number of hydrogen-bond donors (Lipinski definition) is 1. The number of rotatable bonds is 3. The van der Waals surface area contributed by atoms with Gasteiger partial charge in [-0.2, -0.15) is 8.42 Å². The van der Waals surface area contributed by atoms with Gasteiger partial charge in [-0.3, -0.25) is 4.55 Å². The van der Waals surface area contributed by atoms with Gasteiger partial charge in [-0.15, -0.1) is 10.2 Å². The zero-order valence-electron chi connectivity index (χ0n) is 18.3. The second-order valence-electron chi connectivity index (χ2n) is 8.56. The monoisotopic (exact) mass is 452 g/mol. The number of nitrogens with zero attached hydrogens (tertiary/aromatic N) is 4. The average molecular weight is 453 g/mol. The fourth-order valence-electron chi connectivity index (χ4n) is 4.43. The number of anilines is 1. The van der Waals surface area contributed by atoms with Crippen LogP contribution in [0, 0.1) is 12.8 Å². The highest BCUT2D eigenvalue weighted by Gasteiger charge is 2.38. The SMILES string of the molecule is CN1CC2CC(C1)N(c1ccc(-c3ccccc3)nn1)C2.Cc1ccc(S(=O)(=O)O)cc1. The molecule has 1 N–H and O–H groups in total. The summed E-state index contributed by atoms with van der Waals surface area (Å²) >= 11 is 0. The molecule has 2 saturated heterocycles. The molecule has 0 amide bonds. The topological polar surface area (TPSA) is 86.6 Å². The van der Waals surface area contributed by atoms with Gasteiger partial charge in [0.25, 0.3) is 10.1 Å². The molecule has 5 rings (SSSR count). The Balaban J connectivity index is 0.000000189. The second-order valence-corrected chi connectivity index (χ2v) is 9.98. The maximum atomic E-state index is 10.5. The number of fused-ring (bicyclic) bond motifs is 2. The molecule has 2 aliphatic heterocycles. The molecular formula is C24H28N4O3S. The van der Waals surface area contributed by atoms with E-state index in [4.69, 9.17) is 4.55 Å². The number of hydrogen-bond acceptors (Lipinski definition) is 6. The number of aromatic nitrogens is 2. The molecule has 168 valence electrons. The van der Waals surface area contributed by atoms with E-state index in [-0.39, 0.29) is 4.90 Å². The summed E-state index contributed by atoms with van der Waals surface area (Å²) in [6, 6.07) is 21.0. The zero-order chi connectivity index (χ0) is 22.7. The second kappa shape index (κ2) is 9.36. The Labute approximate surface area is 189 Å². The van der Waals surface area contributed by atoms with E-state index in [9.17, 15) is 8.42 Å². The summed E-state index contributed by atoms with van der Waals surface area (Å²) in [7, 11) is -1.80. The van der Waals surface area contributed by atoms with Crippen molar-refractivity contribution in [1.29, 1.82) is 0 Å². The van der Waals surface area contributed by atoms with Crippen molar-refractivity contribution in [3.8, 4) is 11.3 Å². The molecule has 7 nitrogen and oxygen atoms in total. The van der Waals surface area contributed by atoms with Crippen LogP contribution in [0.5, 0.6) is 0 Å². The van der Waals surface area contributed by atoms with Gasteiger partial charge in [0.15, 0.2) is 5.82 Å². The van der Waals surface area contributed by atoms with Gasteiger partial charge in [0, 0.05) is 31.2 Å². The van der Waals surface area contributed by atoms with E-state index in [1.54, 1.807) is 12.1 Å². The Bertz CT molecular complexity index is 1140. The first-order chi connectivity index (χ1) is 15.3. The summed E-state index contributed by atoms with van der Waals surface area (Å²) in [6.45, 7) is 5.31. The number of benzene rings is 2. The molecule has 2 aliphatic rings. The van der Waals surface area contributed by atoms with Crippen molar-refractivity contribution in [3.05, 3.63) is 72.3 Å². The van der Waals surface area contributed by atoms with Crippen molar-refractivity contribution in [2.75, 3.05) is 31.6 Å². The van der Waals surface area contributed by atoms with Crippen LogP contribution in [0.1, 0.15) is 12.0 Å². The number of aryl methyl sites for hydroxylation is 1. The number of likely N-dealkylation sites (N-methyl/N-ethyl adjacent to an activating group) is 1. The lowest BCUT2D eigenvalue weighted by molar-refractivity contribution is 0.235. The van der Waals surface area contributed by atoms with Gasteiger partial charge in [-0.25, -0.2) is 0 Å². The lowest BCUT2D eigenvalue weighted by Gasteiger charge is -2.30. The Morgan fingerprint density at radius 2 is 1.62 bits per heavy atom. The van der Waals surface area contributed by atoms with Crippen molar-refractivity contribution in [3.63, 3.8) is 0 Å². The van der Waals surface area contributed by atoms with Crippen molar-refractivity contribution >= 4 is 15.9 Å². The fourth-order valence-corrected chi connectivity index (χ4v) is 4.91. The normalized spacial score (nSPS) is 20.5. The van der Waals surface area contributed by atoms with Crippen molar-refractivity contribution in [2.24, 2.45) is 5.92 Å². The van der Waals surface area contributed by atoms with Crippen LogP contribution in [0.2, 0.25) is 0 Å². The van der Waals surface area contributed by atoms with E-state index in [1.807, 2.05) is 25.1 Å². The molecule has 3 aromatic rings. The van der Waals surface area contributed by atoms with Gasteiger partial charge in [0.05, 0.1) is 10.6 Å². The molecule has 32 heavy (non-hydrogen) atoms. The van der Waals surface area contributed by atoms with Gasteiger partial charge in [0.2, 0.25) is 0 Å². The highest BCUT2D eigenvalue weighted by molar-refractivity contribution is 7.85. The van der Waals surface area contributed by atoms with Crippen LogP contribution in [0.25, 0.3) is 11.3 Å². The number of piperidine rings is 1. The highest BCUT2D eigenvalue weighted by Crippen LogP contribution is 2.32. The summed E-state index contributed by atoms with van der Waals surface area (Å²) in [5, 5.41) is 8.90. The molecule has 0 saturated carbocycles. The van der Waals surface area contributed by atoms with Crippen molar-refractivity contribution in [1.82, 2.24) is 15.1 Å². The van der Waals surface area contributed by atoms with E-state index in [2.05, 4.69) is 51.3 Å². The third-order valence-corrected chi connectivity index (χ3v) is 6.79. The first-order valence-corrected chi connectivity index (χ1v) is 12.1.